The zero-order valence-electron chi connectivity index (χ0n) is 19.0. The minimum atomic E-state index is 0.264. The van der Waals surface area contributed by atoms with E-state index in [-0.39, 0.29) is 6.04 Å². The van der Waals surface area contributed by atoms with E-state index in [0.717, 1.165) is 34.8 Å². The van der Waals surface area contributed by atoms with E-state index in [0.29, 0.717) is 24.5 Å². The maximum absolute atomic E-state index is 4.88. The van der Waals surface area contributed by atoms with Crippen molar-refractivity contribution in [1.82, 2.24) is 34.2 Å². The molecule has 6 rings (SSSR count). The highest BCUT2D eigenvalue weighted by Gasteiger charge is 2.38. The summed E-state index contributed by atoms with van der Waals surface area (Å²) in [7, 11) is 0. The lowest BCUT2D eigenvalue weighted by molar-refractivity contribution is 0.354. The van der Waals surface area contributed by atoms with Gasteiger partial charge in [-0.2, -0.15) is 15.1 Å². The minimum Gasteiger partial charge on any atom is -0.364 e. The molecular formula is C24H29N9. The van der Waals surface area contributed by atoms with Gasteiger partial charge in [0.2, 0.25) is 5.95 Å². The number of para-hydroxylation sites is 1. The first-order chi connectivity index (χ1) is 16.2. The fourth-order valence-electron chi connectivity index (χ4n) is 5.07. The zero-order valence-corrected chi connectivity index (χ0v) is 19.0. The van der Waals surface area contributed by atoms with Crippen LogP contribution in [0.25, 0.3) is 16.9 Å². The number of rotatable bonds is 7. The summed E-state index contributed by atoms with van der Waals surface area (Å²) in [4.78, 5) is 16.9. The molecule has 2 aliphatic heterocycles. The Kier molecular flexibility index (Phi) is 4.98. The van der Waals surface area contributed by atoms with Gasteiger partial charge in [0, 0.05) is 44.1 Å². The summed E-state index contributed by atoms with van der Waals surface area (Å²) in [6, 6.07) is 10.9. The van der Waals surface area contributed by atoms with Crippen LogP contribution in [-0.4, -0.2) is 59.9 Å². The molecule has 33 heavy (non-hydrogen) atoms. The lowest BCUT2D eigenvalue weighted by Gasteiger charge is -2.23. The molecule has 5 heterocycles. The van der Waals surface area contributed by atoms with Crippen LogP contribution < -0.4 is 10.6 Å². The molecule has 2 N–H and O–H groups in total. The highest BCUT2D eigenvalue weighted by atomic mass is 15.3. The molecule has 0 radical (unpaired) electrons. The Hall–Kier alpha value is -3.46. The largest absolute Gasteiger partial charge is 0.364 e. The molecule has 1 aromatic carbocycles. The Morgan fingerprint density at radius 1 is 1.12 bits per heavy atom. The fourth-order valence-corrected chi connectivity index (χ4v) is 5.07. The second kappa shape index (κ2) is 8.15. The van der Waals surface area contributed by atoms with Crippen molar-refractivity contribution >= 4 is 22.9 Å². The molecule has 0 aliphatic carbocycles. The van der Waals surface area contributed by atoms with Gasteiger partial charge in [-0.15, -0.1) is 0 Å². The second-order valence-electron chi connectivity index (χ2n) is 9.31. The van der Waals surface area contributed by atoms with Gasteiger partial charge in [0.1, 0.15) is 0 Å². The lowest BCUT2D eigenvalue weighted by Crippen LogP contribution is -2.34. The summed E-state index contributed by atoms with van der Waals surface area (Å²) in [6.45, 7) is 8.36. The van der Waals surface area contributed by atoms with Crippen LogP contribution in [-0.2, 0) is 6.54 Å². The van der Waals surface area contributed by atoms with E-state index in [1.807, 2.05) is 35.4 Å². The van der Waals surface area contributed by atoms with Gasteiger partial charge >= 0.3 is 0 Å². The maximum atomic E-state index is 4.88. The predicted molar refractivity (Wildman–Crippen MR) is 129 cm³/mol. The molecule has 0 saturated carbocycles. The molecule has 2 fully saturated rings. The number of imidazole rings is 1. The first kappa shape index (κ1) is 20.2. The molecule has 0 amide bonds. The van der Waals surface area contributed by atoms with E-state index >= 15 is 0 Å². The van der Waals surface area contributed by atoms with Gasteiger partial charge in [-0.1, -0.05) is 18.2 Å². The van der Waals surface area contributed by atoms with Crippen LogP contribution in [0.3, 0.4) is 0 Å². The van der Waals surface area contributed by atoms with Gasteiger partial charge in [0.25, 0.3) is 0 Å². The molecule has 2 bridgehead atoms. The molecule has 2 aliphatic rings. The van der Waals surface area contributed by atoms with Gasteiger partial charge in [0.15, 0.2) is 17.0 Å². The fraction of sp³-hybridized carbons (Fsp3) is 0.417. The van der Waals surface area contributed by atoms with E-state index in [9.17, 15) is 0 Å². The Morgan fingerprint density at radius 3 is 2.79 bits per heavy atom. The smallest absolute Gasteiger partial charge is 0.227 e. The van der Waals surface area contributed by atoms with Crippen molar-refractivity contribution in [3.63, 3.8) is 0 Å². The summed E-state index contributed by atoms with van der Waals surface area (Å²) >= 11 is 0. The highest BCUT2D eigenvalue weighted by Crippen LogP contribution is 2.31. The number of piperidine rings is 1. The first-order valence-corrected chi connectivity index (χ1v) is 11.7. The van der Waals surface area contributed by atoms with Crippen LogP contribution in [0.15, 0.2) is 49.1 Å². The number of nitrogens with one attached hydrogen (secondary N) is 2. The summed E-state index contributed by atoms with van der Waals surface area (Å²) in [5.74, 6) is 2.10. The van der Waals surface area contributed by atoms with Gasteiger partial charge in [-0.05, 0) is 50.4 Å². The second-order valence-corrected chi connectivity index (χ2v) is 9.31. The van der Waals surface area contributed by atoms with Crippen molar-refractivity contribution in [2.75, 3.05) is 30.3 Å². The standard InChI is InChI=1S/C24H29N9/c1-16(2)32-15-26-21-22(25-12-17-6-3-4-7-20(17)33-10-5-9-27-33)29-24(30-23(21)32)28-19-14-31-11-8-18(19)13-31/h3-7,9-10,15-16,18-19H,8,11-14H2,1-2H3,(H2,25,28,29,30). The van der Waals surface area contributed by atoms with Gasteiger partial charge < -0.3 is 20.1 Å². The SMILES string of the molecule is CC(C)n1cnc2c(NCc3ccccc3-n3cccn3)nc(NC3CN4CCC3C4)nc21. The number of hydrogen-bond acceptors (Lipinski definition) is 7. The van der Waals surface area contributed by atoms with Crippen molar-refractivity contribution in [1.29, 1.82) is 0 Å². The zero-order chi connectivity index (χ0) is 22.4. The van der Waals surface area contributed by atoms with Crippen LogP contribution >= 0.6 is 0 Å². The van der Waals surface area contributed by atoms with Crippen molar-refractivity contribution in [2.45, 2.75) is 38.9 Å². The average molecular weight is 444 g/mol. The van der Waals surface area contributed by atoms with E-state index in [1.54, 1.807) is 6.20 Å². The number of benzene rings is 1. The van der Waals surface area contributed by atoms with E-state index < -0.39 is 0 Å². The third kappa shape index (κ3) is 3.72. The number of hydrogen-bond donors (Lipinski definition) is 2. The highest BCUT2D eigenvalue weighted by molar-refractivity contribution is 5.84. The van der Waals surface area contributed by atoms with Gasteiger partial charge in [-0.25, -0.2) is 9.67 Å². The van der Waals surface area contributed by atoms with Crippen LogP contribution in [0, 0.1) is 5.92 Å². The Bertz CT molecular complexity index is 1260. The van der Waals surface area contributed by atoms with Crippen molar-refractivity contribution in [3.8, 4) is 5.69 Å². The van der Waals surface area contributed by atoms with E-state index in [4.69, 9.17) is 9.97 Å². The van der Waals surface area contributed by atoms with E-state index in [1.165, 1.54) is 19.5 Å². The van der Waals surface area contributed by atoms with Crippen molar-refractivity contribution in [2.24, 2.45) is 5.92 Å². The number of anilines is 2. The summed E-state index contributed by atoms with van der Waals surface area (Å²) in [6.07, 6.45) is 6.86. The first-order valence-electron chi connectivity index (χ1n) is 11.7. The monoisotopic (exact) mass is 443 g/mol. The van der Waals surface area contributed by atoms with Crippen LogP contribution in [0.5, 0.6) is 0 Å². The molecule has 0 spiro atoms. The Balaban J connectivity index is 1.32. The lowest BCUT2D eigenvalue weighted by atomic mass is 10.0. The quantitative estimate of drug-likeness (QED) is 0.453. The number of nitrogens with zero attached hydrogens (tertiary/aromatic N) is 7. The molecular weight excluding hydrogens is 414 g/mol. The predicted octanol–water partition coefficient (Wildman–Crippen LogP) is 3.32. The van der Waals surface area contributed by atoms with Gasteiger partial charge in [-0.3, -0.25) is 0 Å². The molecule has 3 aromatic heterocycles. The molecule has 4 aromatic rings. The van der Waals surface area contributed by atoms with Crippen molar-refractivity contribution < 1.29 is 0 Å². The van der Waals surface area contributed by atoms with Crippen molar-refractivity contribution in [3.05, 3.63) is 54.6 Å². The molecule has 9 heteroatoms. The molecule has 3 unspecified atom stereocenters. The maximum Gasteiger partial charge on any atom is 0.227 e. The minimum absolute atomic E-state index is 0.264. The summed E-state index contributed by atoms with van der Waals surface area (Å²) in [5.41, 5.74) is 3.82. The summed E-state index contributed by atoms with van der Waals surface area (Å²) in [5, 5.41) is 11.6. The average Bonchev–Trinajstić information content (AvgIpc) is 3.62. The Labute approximate surface area is 192 Å². The third-order valence-corrected chi connectivity index (χ3v) is 6.81. The van der Waals surface area contributed by atoms with E-state index in [2.05, 4.69) is 56.2 Å². The molecule has 170 valence electrons. The normalized spacial score (nSPS) is 21.8. The molecule has 3 atom stereocenters. The third-order valence-electron chi connectivity index (χ3n) is 6.81. The number of aromatic nitrogens is 6. The van der Waals surface area contributed by atoms with Gasteiger partial charge in [0.05, 0.1) is 12.0 Å². The number of fused-ring (bicyclic) bond motifs is 3. The topological polar surface area (TPSA) is 88.7 Å². The molecule has 9 nitrogen and oxygen atoms in total. The van der Waals surface area contributed by atoms with Crippen LogP contribution in [0.2, 0.25) is 0 Å². The molecule has 2 saturated heterocycles. The Morgan fingerprint density at radius 2 is 2.03 bits per heavy atom. The van der Waals surface area contributed by atoms with Crippen LogP contribution in [0.1, 0.15) is 31.9 Å². The summed E-state index contributed by atoms with van der Waals surface area (Å²) < 4.78 is 3.99. The van der Waals surface area contributed by atoms with Crippen LogP contribution in [0.4, 0.5) is 11.8 Å².